The van der Waals surface area contributed by atoms with Crippen LogP contribution in [0.3, 0.4) is 0 Å². The van der Waals surface area contributed by atoms with Crippen LogP contribution in [-0.2, 0) is 4.57 Å². The first kappa shape index (κ1) is 12.6. The molecule has 0 aliphatic heterocycles. The lowest BCUT2D eigenvalue weighted by atomic mass is 10.3. The molecule has 0 aliphatic carbocycles. The summed E-state index contributed by atoms with van der Waals surface area (Å²) in [6.07, 6.45) is 3.28. The fourth-order valence-electron chi connectivity index (χ4n) is 0.572. The SMILES string of the molecule is C=CC=C.O=[P+](O)Oc1ccccc1. The molecule has 14 heavy (non-hydrogen) atoms. The first-order chi connectivity index (χ1) is 6.70. The summed E-state index contributed by atoms with van der Waals surface area (Å²) in [7, 11) is -2.53. The van der Waals surface area contributed by atoms with E-state index in [4.69, 9.17) is 4.89 Å². The van der Waals surface area contributed by atoms with Crippen LogP contribution < -0.4 is 4.52 Å². The molecule has 74 valence electrons. The summed E-state index contributed by atoms with van der Waals surface area (Å²) in [5, 5.41) is 0. The Bertz CT molecular complexity index is 289. The molecule has 0 aliphatic rings. The van der Waals surface area contributed by atoms with Gasteiger partial charge in [0.25, 0.3) is 0 Å². The fourth-order valence-corrected chi connectivity index (χ4v) is 0.874. The molecule has 0 radical (unpaired) electrons. The lowest BCUT2D eigenvalue weighted by Gasteiger charge is -1.86. The minimum absolute atomic E-state index is 0.408. The highest BCUT2D eigenvalue weighted by molar-refractivity contribution is 7.32. The van der Waals surface area contributed by atoms with Crippen molar-refractivity contribution < 1.29 is 14.0 Å². The second-order valence-corrected chi connectivity index (χ2v) is 2.77. The fraction of sp³-hybridized carbons (Fsp3) is 0. The highest BCUT2D eigenvalue weighted by Crippen LogP contribution is 2.21. The van der Waals surface area contributed by atoms with Crippen molar-refractivity contribution in [2.45, 2.75) is 0 Å². The molecule has 0 saturated carbocycles. The van der Waals surface area contributed by atoms with Gasteiger partial charge in [-0.1, -0.05) is 43.5 Å². The van der Waals surface area contributed by atoms with Crippen molar-refractivity contribution in [1.29, 1.82) is 0 Å². The van der Waals surface area contributed by atoms with Gasteiger partial charge in [-0.05, 0) is 12.1 Å². The summed E-state index contributed by atoms with van der Waals surface area (Å²) in [6, 6.07) is 8.49. The molecule has 4 heteroatoms. The topological polar surface area (TPSA) is 46.5 Å². The van der Waals surface area contributed by atoms with Crippen LogP contribution in [0.25, 0.3) is 0 Å². The molecule has 0 aromatic heterocycles. The number of hydrogen-bond acceptors (Lipinski definition) is 2. The van der Waals surface area contributed by atoms with Gasteiger partial charge in [-0.15, -0.1) is 4.89 Å². The number of benzene rings is 1. The molecular formula is C10H12O3P+. The van der Waals surface area contributed by atoms with Crippen LogP contribution in [0.4, 0.5) is 0 Å². The average Bonchev–Trinajstić information content (AvgIpc) is 2.19. The van der Waals surface area contributed by atoms with Gasteiger partial charge in [0.05, 0.1) is 0 Å². The molecular weight excluding hydrogens is 199 g/mol. The van der Waals surface area contributed by atoms with Gasteiger partial charge in [0.2, 0.25) is 0 Å². The summed E-state index contributed by atoms with van der Waals surface area (Å²) in [4.78, 5) is 8.29. The van der Waals surface area contributed by atoms with Crippen molar-refractivity contribution in [3.63, 3.8) is 0 Å². The molecule has 0 bridgehead atoms. The van der Waals surface area contributed by atoms with Crippen LogP contribution in [0.1, 0.15) is 0 Å². The van der Waals surface area contributed by atoms with E-state index in [9.17, 15) is 4.57 Å². The van der Waals surface area contributed by atoms with Crippen LogP contribution in [-0.4, -0.2) is 4.89 Å². The molecule has 1 unspecified atom stereocenters. The maximum atomic E-state index is 10.1. The predicted molar refractivity (Wildman–Crippen MR) is 57.3 cm³/mol. The molecule has 1 N–H and O–H groups in total. The minimum atomic E-state index is -2.53. The maximum absolute atomic E-state index is 10.1. The summed E-state index contributed by atoms with van der Waals surface area (Å²) in [6.45, 7) is 6.72. The number of rotatable bonds is 3. The molecule has 0 heterocycles. The summed E-state index contributed by atoms with van der Waals surface area (Å²) in [5.41, 5.74) is 0. The summed E-state index contributed by atoms with van der Waals surface area (Å²) < 4.78 is 14.6. The van der Waals surface area contributed by atoms with Crippen LogP contribution >= 0.6 is 8.25 Å². The van der Waals surface area contributed by atoms with Gasteiger partial charge in [0, 0.05) is 4.57 Å². The van der Waals surface area contributed by atoms with E-state index in [0.717, 1.165) is 0 Å². The highest BCUT2D eigenvalue weighted by atomic mass is 31.1. The third kappa shape index (κ3) is 7.22. The van der Waals surface area contributed by atoms with Gasteiger partial charge in [0.1, 0.15) is 0 Å². The number of allylic oxidation sites excluding steroid dienone is 2. The van der Waals surface area contributed by atoms with E-state index in [1.807, 2.05) is 0 Å². The zero-order valence-electron chi connectivity index (χ0n) is 7.67. The molecule has 0 amide bonds. The van der Waals surface area contributed by atoms with Crippen molar-refractivity contribution >= 4 is 8.25 Å². The van der Waals surface area contributed by atoms with Gasteiger partial charge >= 0.3 is 8.25 Å². The standard InChI is InChI=1S/C6H5O3P.C4H6/c7-10(8)9-6-4-2-1-3-5-6;1-3-4-2/h1-5H;3-4H,1-2H2/p+1. The third-order valence-electron chi connectivity index (χ3n) is 1.09. The van der Waals surface area contributed by atoms with Crippen molar-refractivity contribution in [3.05, 3.63) is 55.6 Å². The van der Waals surface area contributed by atoms with Crippen molar-refractivity contribution in [1.82, 2.24) is 0 Å². The monoisotopic (exact) mass is 211 g/mol. The smallest absolute Gasteiger partial charge is 0.229 e. The molecule has 3 nitrogen and oxygen atoms in total. The van der Waals surface area contributed by atoms with Gasteiger partial charge in [0.15, 0.2) is 5.75 Å². The molecule has 1 atom stereocenters. The molecule has 0 spiro atoms. The Morgan fingerprint density at radius 2 is 1.71 bits per heavy atom. The Labute approximate surface area is 84.3 Å². The Kier molecular flexibility index (Phi) is 7.33. The predicted octanol–water partition coefficient (Wildman–Crippen LogP) is 3.07. The lowest BCUT2D eigenvalue weighted by molar-refractivity contribution is 0.410. The second-order valence-electron chi connectivity index (χ2n) is 2.11. The van der Waals surface area contributed by atoms with Crippen LogP contribution in [0.2, 0.25) is 0 Å². The minimum Gasteiger partial charge on any atom is -0.229 e. The van der Waals surface area contributed by atoms with Gasteiger partial charge in [-0.2, -0.15) is 0 Å². The Balaban J connectivity index is 0.000000364. The van der Waals surface area contributed by atoms with E-state index in [-0.39, 0.29) is 0 Å². The zero-order chi connectivity index (χ0) is 10.8. The molecule has 1 rings (SSSR count). The zero-order valence-corrected chi connectivity index (χ0v) is 8.56. The second kappa shape index (κ2) is 8.17. The summed E-state index contributed by atoms with van der Waals surface area (Å²) in [5.74, 6) is 0.408. The largest absolute Gasteiger partial charge is 0.747 e. The first-order valence-electron chi connectivity index (χ1n) is 3.83. The van der Waals surface area contributed by atoms with Crippen molar-refractivity contribution in [2.75, 3.05) is 0 Å². The third-order valence-corrected chi connectivity index (χ3v) is 1.46. The Morgan fingerprint density at radius 3 is 2.07 bits per heavy atom. The molecule has 0 fully saturated rings. The van der Waals surface area contributed by atoms with E-state index in [2.05, 4.69) is 17.7 Å². The van der Waals surface area contributed by atoms with E-state index in [1.54, 1.807) is 42.5 Å². The average molecular weight is 211 g/mol. The Hall–Kier alpha value is -1.44. The normalized spacial score (nSPS) is 9.07. The summed E-state index contributed by atoms with van der Waals surface area (Å²) >= 11 is 0. The van der Waals surface area contributed by atoms with E-state index < -0.39 is 8.25 Å². The van der Waals surface area contributed by atoms with E-state index >= 15 is 0 Å². The molecule has 1 aromatic rings. The van der Waals surface area contributed by atoms with Gasteiger partial charge in [-0.3, -0.25) is 0 Å². The first-order valence-corrected chi connectivity index (χ1v) is 4.96. The quantitative estimate of drug-likeness (QED) is 0.617. The lowest BCUT2D eigenvalue weighted by Crippen LogP contribution is -1.77. The molecule has 0 saturated heterocycles. The maximum Gasteiger partial charge on any atom is 0.747 e. The van der Waals surface area contributed by atoms with Crippen LogP contribution in [0, 0.1) is 0 Å². The van der Waals surface area contributed by atoms with Gasteiger partial charge < -0.3 is 0 Å². The van der Waals surface area contributed by atoms with E-state index in [0.29, 0.717) is 5.75 Å². The van der Waals surface area contributed by atoms with Crippen LogP contribution in [0.5, 0.6) is 5.75 Å². The Morgan fingerprint density at radius 1 is 1.21 bits per heavy atom. The number of para-hydroxylation sites is 1. The molecule has 1 aromatic carbocycles. The van der Waals surface area contributed by atoms with Crippen molar-refractivity contribution in [2.24, 2.45) is 0 Å². The number of hydrogen-bond donors (Lipinski definition) is 1. The van der Waals surface area contributed by atoms with Crippen LogP contribution in [0.15, 0.2) is 55.6 Å². The van der Waals surface area contributed by atoms with E-state index in [1.165, 1.54) is 0 Å². The van der Waals surface area contributed by atoms with Gasteiger partial charge in [-0.25, -0.2) is 4.52 Å². The highest BCUT2D eigenvalue weighted by Gasteiger charge is 2.12. The van der Waals surface area contributed by atoms with Crippen molar-refractivity contribution in [3.8, 4) is 5.75 Å².